The minimum atomic E-state index is -0.0923. The number of piperidine rings is 1. The maximum absolute atomic E-state index is 11.7. The molecule has 2 saturated heterocycles. The third-order valence-corrected chi connectivity index (χ3v) is 4.69. The predicted octanol–water partition coefficient (Wildman–Crippen LogP) is 1.30. The van der Waals surface area contributed by atoms with Gasteiger partial charge in [0.25, 0.3) is 5.91 Å². The minimum absolute atomic E-state index is 0.0923. The fourth-order valence-electron chi connectivity index (χ4n) is 3.50. The van der Waals surface area contributed by atoms with Gasteiger partial charge >= 0.3 is 0 Å². The van der Waals surface area contributed by atoms with Crippen molar-refractivity contribution in [1.82, 2.24) is 10.2 Å². The summed E-state index contributed by atoms with van der Waals surface area (Å²) in [4.78, 5) is 16.6. The first-order valence-electron chi connectivity index (χ1n) is 7.79. The van der Waals surface area contributed by atoms with Gasteiger partial charge in [0.15, 0.2) is 0 Å². The van der Waals surface area contributed by atoms with Gasteiger partial charge in [-0.25, -0.2) is 0 Å². The summed E-state index contributed by atoms with van der Waals surface area (Å²) in [7, 11) is 1.63. The van der Waals surface area contributed by atoms with Gasteiger partial charge in [-0.05, 0) is 37.6 Å². The number of carbonyl (C=O) groups is 1. The van der Waals surface area contributed by atoms with Gasteiger partial charge in [0.1, 0.15) is 0 Å². The lowest BCUT2D eigenvalue weighted by Crippen LogP contribution is -2.55. The lowest BCUT2D eigenvalue weighted by Gasteiger charge is -2.45. The van der Waals surface area contributed by atoms with Gasteiger partial charge < -0.3 is 16.0 Å². The molecule has 2 aliphatic rings. The maximum atomic E-state index is 11.7. The van der Waals surface area contributed by atoms with Crippen molar-refractivity contribution in [3.8, 4) is 0 Å². The van der Waals surface area contributed by atoms with Crippen LogP contribution in [0.3, 0.4) is 0 Å². The zero-order chi connectivity index (χ0) is 14.8. The van der Waals surface area contributed by atoms with Gasteiger partial charge in [0, 0.05) is 38.3 Å². The number of fused-ring (bicyclic) bond motifs is 1. The molecule has 114 valence electrons. The summed E-state index contributed by atoms with van der Waals surface area (Å²) in [6, 6.07) is 6.28. The van der Waals surface area contributed by atoms with E-state index in [0.717, 1.165) is 25.3 Å². The number of amides is 1. The SMILES string of the molecule is CNC(=O)c1ccc(N2CCN3CCCCC3C2)c(N)c1. The predicted molar refractivity (Wildman–Crippen MR) is 85.7 cm³/mol. The molecule has 5 nitrogen and oxygen atoms in total. The Morgan fingerprint density at radius 1 is 1.29 bits per heavy atom. The van der Waals surface area contributed by atoms with Crippen molar-refractivity contribution < 1.29 is 4.79 Å². The minimum Gasteiger partial charge on any atom is -0.397 e. The van der Waals surface area contributed by atoms with Crippen LogP contribution in [0.4, 0.5) is 11.4 Å². The normalized spacial score (nSPS) is 22.7. The molecule has 2 fully saturated rings. The van der Waals surface area contributed by atoms with Crippen molar-refractivity contribution in [2.75, 3.05) is 43.9 Å². The molecule has 5 heteroatoms. The van der Waals surface area contributed by atoms with E-state index in [1.54, 1.807) is 13.1 Å². The number of anilines is 2. The number of nitrogen functional groups attached to an aromatic ring is 1. The van der Waals surface area contributed by atoms with E-state index in [2.05, 4.69) is 15.1 Å². The molecule has 0 saturated carbocycles. The standard InChI is InChI=1S/C16H24N4O/c1-18-16(21)12-5-6-15(14(17)10-12)20-9-8-19-7-3-2-4-13(19)11-20/h5-6,10,13H,2-4,7-9,11,17H2,1H3,(H,18,21). The topological polar surface area (TPSA) is 61.6 Å². The Morgan fingerprint density at radius 2 is 2.14 bits per heavy atom. The Balaban J connectivity index is 1.76. The lowest BCUT2D eigenvalue weighted by atomic mass is 9.99. The second-order valence-electron chi connectivity index (χ2n) is 5.98. The lowest BCUT2D eigenvalue weighted by molar-refractivity contribution is 0.0963. The van der Waals surface area contributed by atoms with Crippen LogP contribution in [0, 0.1) is 0 Å². The molecule has 0 spiro atoms. The van der Waals surface area contributed by atoms with Crippen molar-refractivity contribution in [3.63, 3.8) is 0 Å². The van der Waals surface area contributed by atoms with Gasteiger partial charge in [-0.2, -0.15) is 0 Å². The summed E-state index contributed by atoms with van der Waals surface area (Å²) >= 11 is 0. The molecule has 1 aromatic carbocycles. The molecule has 0 bridgehead atoms. The third-order valence-electron chi connectivity index (χ3n) is 4.69. The van der Waals surface area contributed by atoms with Gasteiger partial charge in [-0.1, -0.05) is 6.42 Å². The van der Waals surface area contributed by atoms with Gasteiger partial charge in [-0.15, -0.1) is 0 Å². The first-order valence-corrected chi connectivity index (χ1v) is 7.79. The molecular formula is C16H24N4O. The van der Waals surface area contributed by atoms with E-state index in [4.69, 9.17) is 5.73 Å². The van der Waals surface area contributed by atoms with Crippen LogP contribution in [0.25, 0.3) is 0 Å². The van der Waals surface area contributed by atoms with E-state index in [1.165, 1.54) is 25.8 Å². The number of hydrogen-bond acceptors (Lipinski definition) is 4. The van der Waals surface area contributed by atoms with E-state index in [9.17, 15) is 4.79 Å². The third kappa shape index (κ3) is 2.83. The molecule has 0 aromatic heterocycles. The summed E-state index contributed by atoms with van der Waals surface area (Å²) in [5, 5.41) is 2.63. The second-order valence-corrected chi connectivity index (χ2v) is 5.98. The molecule has 1 unspecified atom stereocenters. The summed E-state index contributed by atoms with van der Waals surface area (Å²) in [5.41, 5.74) is 8.56. The van der Waals surface area contributed by atoms with Crippen LogP contribution in [0.15, 0.2) is 18.2 Å². The number of carbonyl (C=O) groups excluding carboxylic acids is 1. The quantitative estimate of drug-likeness (QED) is 0.805. The first kappa shape index (κ1) is 14.2. The molecule has 3 rings (SSSR count). The highest BCUT2D eigenvalue weighted by Crippen LogP contribution is 2.29. The van der Waals surface area contributed by atoms with E-state index in [1.807, 2.05) is 12.1 Å². The first-order chi connectivity index (χ1) is 10.2. The zero-order valence-electron chi connectivity index (χ0n) is 12.6. The number of hydrogen-bond donors (Lipinski definition) is 2. The van der Waals surface area contributed by atoms with Crippen LogP contribution >= 0.6 is 0 Å². The fraction of sp³-hybridized carbons (Fsp3) is 0.562. The molecule has 1 atom stereocenters. The fourth-order valence-corrected chi connectivity index (χ4v) is 3.50. The largest absolute Gasteiger partial charge is 0.397 e. The molecular weight excluding hydrogens is 264 g/mol. The number of nitrogens with zero attached hydrogens (tertiary/aromatic N) is 2. The summed E-state index contributed by atoms with van der Waals surface area (Å²) < 4.78 is 0. The maximum Gasteiger partial charge on any atom is 0.251 e. The van der Waals surface area contributed by atoms with Crippen LogP contribution in [-0.2, 0) is 0 Å². The van der Waals surface area contributed by atoms with Crippen molar-refractivity contribution >= 4 is 17.3 Å². The highest BCUT2D eigenvalue weighted by molar-refractivity contribution is 5.96. The zero-order valence-corrected chi connectivity index (χ0v) is 12.6. The Labute approximate surface area is 126 Å². The molecule has 1 amide bonds. The van der Waals surface area contributed by atoms with E-state index >= 15 is 0 Å². The highest BCUT2D eigenvalue weighted by atomic mass is 16.1. The summed E-state index contributed by atoms with van der Waals surface area (Å²) in [6.07, 6.45) is 3.95. The van der Waals surface area contributed by atoms with Crippen molar-refractivity contribution in [1.29, 1.82) is 0 Å². The molecule has 2 aliphatic heterocycles. The number of nitrogens with two attached hydrogens (primary N) is 1. The van der Waals surface area contributed by atoms with E-state index in [-0.39, 0.29) is 5.91 Å². The average Bonchev–Trinajstić information content (AvgIpc) is 2.53. The van der Waals surface area contributed by atoms with Crippen LogP contribution in [0.5, 0.6) is 0 Å². The monoisotopic (exact) mass is 288 g/mol. The summed E-state index contributed by atoms with van der Waals surface area (Å²) in [6.45, 7) is 4.41. The number of nitrogens with one attached hydrogen (secondary N) is 1. The van der Waals surface area contributed by atoms with Gasteiger partial charge in [0.2, 0.25) is 0 Å². The van der Waals surface area contributed by atoms with Crippen LogP contribution < -0.4 is 16.0 Å². The van der Waals surface area contributed by atoms with Crippen molar-refractivity contribution in [2.45, 2.75) is 25.3 Å². The number of rotatable bonds is 2. The molecule has 0 radical (unpaired) electrons. The number of piperazine rings is 1. The van der Waals surface area contributed by atoms with E-state index < -0.39 is 0 Å². The van der Waals surface area contributed by atoms with Crippen LogP contribution in [0.1, 0.15) is 29.6 Å². The smallest absolute Gasteiger partial charge is 0.251 e. The van der Waals surface area contributed by atoms with Crippen LogP contribution in [-0.4, -0.2) is 50.1 Å². The Kier molecular flexibility index (Phi) is 4.01. The second kappa shape index (κ2) is 5.93. The molecule has 3 N–H and O–H groups in total. The highest BCUT2D eigenvalue weighted by Gasteiger charge is 2.29. The number of benzene rings is 1. The Bertz CT molecular complexity index is 531. The summed E-state index contributed by atoms with van der Waals surface area (Å²) in [5.74, 6) is -0.0923. The van der Waals surface area contributed by atoms with Crippen molar-refractivity contribution in [3.05, 3.63) is 23.8 Å². The Hall–Kier alpha value is -1.75. The molecule has 0 aliphatic carbocycles. The Morgan fingerprint density at radius 3 is 2.90 bits per heavy atom. The molecule has 21 heavy (non-hydrogen) atoms. The van der Waals surface area contributed by atoms with Gasteiger partial charge in [-0.3, -0.25) is 9.69 Å². The van der Waals surface area contributed by atoms with Crippen LogP contribution in [0.2, 0.25) is 0 Å². The van der Waals surface area contributed by atoms with Crippen molar-refractivity contribution in [2.24, 2.45) is 0 Å². The molecule has 2 heterocycles. The van der Waals surface area contributed by atoms with Gasteiger partial charge in [0.05, 0.1) is 11.4 Å². The average molecular weight is 288 g/mol. The molecule has 1 aromatic rings. The van der Waals surface area contributed by atoms with E-state index in [0.29, 0.717) is 17.3 Å².